The topological polar surface area (TPSA) is 43.4 Å². The van der Waals surface area contributed by atoms with Crippen LogP contribution in [0.4, 0.5) is 0 Å². The molecule has 3 heteroatoms. The number of carbonyl (C=O) groups is 2. The van der Waals surface area contributed by atoms with E-state index in [1.165, 1.54) is 5.57 Å². The summed E-state index contributed by atoms with van der Waals surface area (Å²) in [5.41, 5.74) is 2.34. The Morgan fingerprint density at radius 3 is 2.62 bits per heavy atom. The van der Waals surface area contributed by atoms with Gasteiger partial charge in [-0.1, -0.05) is 24.6 Å². The molecule has 0 N–H and O–H groups in total. The molecule has 2 rings (SSSR count). The second-order valence-electron chi connectivity index (χ2n) is 4.82. The van der Waals surface area contributed by atoms with Gasteiger partial charge in [0.2, 0.25) is 0 Å². The highest BCUT2D eigenvalue weighted by atomic mass is 16.6. The zero-order valence-corrected chi connectivity index (χ0v) is 9.82. The fourth-order valence-electron chi connectivity index (χ4n) is 2.41. The van der Waals surface area contributed by atoms with Crippen molar-refractivity contribution in [1.82, 2.24) is 0 Å². The zero-order chi connectivity index (χ0) is 11.9. The molecule has 0 radical (unpaired) electrons. The highest BCUT2D eigenvalue weighted by molar-refractivity contribution is 5.97. The van der Waals surface area contributed by atoms with E-state index in [9.17, 15) is 9.59 Å². The largest absolute Gasteiger partial charge is 0.393 e. The summed E-state index contributed by atoms with van der Waals surface area (Å²) in [6.07, 6.45) is 4.67. The van der Waals surface area contributed by atoms with Crippen LogP contribution in [0.3, 0.4) is 0 Å². The summed E-state index contributed by atoms with van der Waals surface area (Å²) in [7, 11) is 0. The summed E-state index contributed by atoms with van der Waals surface area (Å²) in [6.45, 7) is 6.00. The first kappa shape index (κ1) is 11.1. The zero-order valence-electron chi connectivity index (χ0n) is 9.82. The van der Waals surface area contributed by atoms with Crippen LogP contribution in [-0.4, -0.2) is 11.9 Å². The summed E-state index contributed by atoms with van der Waals surface area (Å²) in [6, 6.07) is 0. The van der Waals surface area contributed by atoms with Crippen LogP contribution in [0.25, 0.3) is 0 Å². The van der Waals surface area contributed by atoms with E-state index in [0.717, 1.165) is 5.57 Å². The van der Waals surface area contributed by atoms with Gasteiger partial charge in [-0.25, -0.2) is 0 Å². The minimum absolute atomic E-state index is 0.0702. The number of rotatable bonds is 0. The van der Waals surface area contributed by atoms with Gasteiger partial charge < -0.3 is 4.74 Å². The maximum Gasteiger partial charge on any atom is 0.318 e. The van der Waals surface area contributed by atoms with E-state index in [0.29, 0.717) is 6.42 Å². The number of cyclic esters (lactones) is 2. The van der Waals surface area contributed by atoms with Gasteiger partial charge in [0.1, 0.15) is 0 Å². The maximum absolute atomic E-state index is 11.6. The van der Waals surface area contributed by atoms with Crippen LogP contribution in [0.5, 0.6) is 0 Å². The molecule has 0 aromatic carbocycles. The third kappa shape index (κ3) is 1.70. The second-order valence-corrected chi connectivity index (χ2v) is 4.82. The Kier molecular flexibility index (Phi) is 2.70. The van der Waals surface area contributed by atoms with Crippen LogP contribution >= 0.6 is 0 Å². The van der Waals surface area contributed by atoms with Crippen LogP contribution in [0.1, 0.15) is 27.2 Å². The number of hydrogen-bond acceptors (Lipinski definition) is 3. The minimum Gasteiger partial charge on any atom is -0.393 e. The van der Waals surface area contributed by atoms with Gasteiger partial charge in [0.15, 0.2) is 0 Å². The number of esters is 2. The normalized spacial score (nSPS) is 33.4. The molecule has 0 saturated carbocycles. The van der Waals surface area contributed by atoms with Crippen LogP contribution in [0.2, 0.25) is 0 Å². The number of allylic oxidation sites excluding steroid dienone is 4. The lowest BCUT2D eigenvalue weighted by molar-refractivity contribution is -0.154. The average molecular weight is 220 g/mol. The fraction of sp³-hybridized carbons (Fsp3) is 0.538. The van der Waals surface area contributed by atoms with Crippen molar-refractivity contribution < 1.29 is 14.3 Å². The molecule has 0 amide bonds. The van der Waals surface area contributed by atoms with Crippen LogP contribution in [-0.2, 0) is 14.3 Å². The van der Waals surface area contributed by atoms with Crippen molar-refractivity contribution >= 4 is 11.9 Å². The number of ether oxygens (including phenoxy) is 1. The Bertz CT molecular complexity index is 399. The van der Waals surface area contributed by atoms with Gasteiger partial charge in [-0.05, 0) is 31.8 Å². The lowest BCUT2D eigenvalue weighted by Gasteiger charge is -2.14. The molecule has 1 aliphatic carbocycles. The summed E-state index contributed by atoms with van der Waals surface area (Å²) in [5.74, 6) is -1.23. The van der Waals surface area contributed by atoms with Gasteiger partial charge in [0.25, 0.3) is 0 Å². The van der Waals surface area contributed by atoms with Crippen LogP contribution in [0, 0.1) is 17.8 Å². The Hall–Kier alpha value is -1.38. The molecular formula is C13H16O3. The molecule has 3 atom stereocenters. The first-order chi connectivity index (χ1) is 7.50. The summed E-state index contributed by atoms with van der Waals surface area (Å²) in [5, 5.41) is 0. The molecule has 1 heterocycles. The van der Waals surface area contributed by atoms with Gasteiger partial charge in [-0.3, -0.25) is 9.59 Å². The minimum atomic E-state index is -0.359. The molecule has 16 heavy (non-hydrogen) atoms. The van der Waals surface area contributed by atoms with Crippen molar-refractivity contribution in [3.63, 3.8) is 0 Å². The molecule has 0 aromatic heterocycles. The van der Waals surface area contributed by atoms with Crippen molar-refractivity contribution in [2.24, 2.45) is 17.8 Å². The van der Waals surface area contributed by atoms with Crippen molar-refractivity contribution in [2.75, 3.05) is 0 Å². The predicted molar refractivity (Wildman–Crippen MR) is 59.4 cm³/mol. The molecule has 3 unspecified atom stereocenters. The highest BCUT2D eigenvalue weighted by Crippen LogP contribution is 2.38. The molecule has 1 saturated heterocycles. The van der Waals surface area contributed by atoms with Gasteiger partial charge in [0, 0.05) is 0 Å². The third-order valence-electron chi connectivity index (χ3n) is 3.46. The number of carbonyl (C=O) groups excluding carboxylic acids is 2. The van der Waals surface area contributed by atoms with Gasteiger partial charge in [0.05, 0.1) is 11.8 Å². The van der Waals surface area contributed by atoms with Gasteiger partial charge >= 0.3 is 11.9 Å². The Labute approximate surface area is 95.2 Å². The molecule has 3 nitrogen and oxygen atoms in total. The van der Waals surface area contributed by atoms with E-state index in [2.05, 4.69) is 0 Å². The van der Waals surface area contributed by atoms with Gasteiger partial charge in [-0.2, -0.15) is 0 Å². The summed E-state index contributed by atoms with van der Waals surface area (Å²) < 4.78 is 4.73. The highest BCUT2D eigenvalue weighted by Gasteiger charge is 2.47. The standard InChI is InChI=1S/C13H16O3/c1-7(2)9-5-4-8(3)11-10(6-9)12(14)16-13(11)15/h4-5,8,10-11H,6H2,1-3H3. The third-order valence-corrected chi connectivity index (χ3v) is 3.46. The predicted octanol–water partition coefficient (Wildman–Crippen LogP) is 2.23. The van der Waals surface area contributed by atoms with E-state index in [-0.39, 0.29) is 29.7 Å². The van der Waals surface area contributed by atoms with E-state index in [4.69, 9.17) is 4.74 Å². The van der Waals surface area contributed by atoms with Crippen molar-refractivity contribution in [1.29, 1.82) is 0 Å². The summed E-state index contributed by atoms with van der Waals surface area (Å²) in [4.78, 5) is 23.2. The van der Waals surface area contributed by atoms with Crippen molar-refractivity contribution in [3.05, 3.63) is 23.3 Å². The molecule has 2 aliphatic rings. The first-order valence-corrected chi connectivity index (χ1v) is 5.61. The van der Waals surface area contributed by atoms with E-state index in [1.54, 1.807) is 0 Å². The SMILES string of the molecule is CC(C)=C1C=CC(C)C2C(=O)OC(=O)C2C1. The van der Waals surface area contributed by atoms with Crippen LogP contribution in [0.15, 0.2) is 23.3 Å². The monoisotopic (exact) mass is 220 g/mol. The molecule has 1 fully saturated rings. The lowest BCUT2D eigenvalue weighted by atomic mass is 9.83. The molecular weight excluding hydrogens is 204 g/mol. The van der Waals surface area contributed by atoms with E-state index < -0.39 is 0 Å². The quantitative estimate of drug-likeness (QED) is 0.464. The lowest BCUT2D eigenvalue weighted by Crippen LogP contribution is -2.22. The Morgan fingerprint density at radius 1 is 1.31 bits per heavy atom. The molecule has 86 valence electrons. The average Bonchev–Trinajstić information content (AvgIpc) is 2.39. The van der Waals surface area contributed by atoms with E-state index in [1.807, 2.05) is 32.9 Å². The molecule has 0 aromatic rings. The maximum atomic E-state index is 11.6. The number of fused-ring (bicyclic) bond motifs is 1. The molecule has 1 aliphatic heterocycles. The van der Waals surface area contributed by atoms with E-state index >= 15 is 0 Å². The first-order valence-electron chi connectivity index (χ1n) is 5.61. The summed E-state index contributed by atoms with van der Waals surface area (Å²) >= 11 is 0. The Balaban J connectivity index is 2.39. The van der Waals surface area contributed by atoms with Crippen LogP contribution < -0.4 is 0 Å². The van der Waals surface area contributed by atoms with Crippen molar-refractivity contribution in [2.45, 2.75) is 27.2 Å². The van der Waals surface area contributed by atoms with Crippen molar-refractivity contribution in [3.8, 4) is 0 Å². The van der Waals surface area contributed by atoms with Gasteiger partial charge in [-0.15, -0.1) is 0 Å². The molecule has 0 bridgehead atoms. The smallest absolute Gasteiger partial charge is 0.318 e. The molecule has 0 spiro atoms. The Morgan fingerprint density at radius 2 is 2.00 bits per heavy atom. The fourth-order valence-corrected chi connectivity index (χ4v) is 2.41. The second kappa shape index (κ2) is 3.89. The number of hydrogen-bond donors (Lipinski definition) is 0.